The molecule has 0 saturated heterocycles. The second-order valence-corrected chi connectivity index (χ2v) is 7.21. The van der Waals surface area contributed by atoms with Crippen molar-refractivity contribution >= 4 is 10.0 Å². The topological polar surface area (TPSA) is 63.4 Å². The fourth-order valence-electron chi connectivity index (χ4n) is 2.55. The summed E-state index contributed by atoms with van der Waals surface area (Å²) in [6.07, 6.45) is 6.12. The van der Waals surface area contributed by atoms with Gasteiger partial charge >= 0.3 is 0 Å². The Morgan fingerprint density at radius 2 is 1.82 bits per heavy atom. The molecule has 1 fully saturated rings. The lowest BCUT2D eigenvalue weighted by Crippen LogP contribution is -2.40. The van der Waals surface area contributed by atoms with Crippen molar-refractivity contribution in [2.24, 2.45) is 11.7 Å². The van der Waals surface area contributed by atoms with Gasteiger partial charge in [0.05, 0.1) is 5.75 Å². The molecule has 1 aliphatic carbocycles. The Bertz CT molecular complexity index is 308. The Balaban J connectivity index is 2.50. The van der Waals surface area contributed by atoms with Crippen molar-refractivity contribution in [3.63, 3.8) is 0 Å². The lowest BCUT2D eigenvalue weighted by molar-refractivity contribution is 0.233. The van der Waals surface area contributed by atoms with Gasteiger partial charge in [0.15, 0.2) is 0 Å². The summed E-state index contributed by atoms with van der Waals surface area (Å²) in [5, 5.41) is 0. The van der Waals surface area contributed by atoms with Crippen molar-refractivity contribution in [1.82, 2.24) is 4.31 Å². The first-order chi connectivity index (χ1) is 8.01. The van der Waals surface area contributed by atoms with Crippen LogP contribution in [0.25, 0.3) is 0 Å². The van der Waals surface area contributed by atoms with Gasteiger partial charge in [-0.15, -0.1) is 0 Å². The molecule has 17 heavy (non-hydrogen) atoms. The quantitative estimate of drug-likeness (QED) is 0.790. The molecule has 1 aliphatic rings. The van der Waals surface area contributed by atoms with E-state index in [4.69, 9.17) is 5.73 Å². The van der Waals surface area contributed by atoms with Crippen molar-refractivity contribution < 1.29 is 8.42 Å². The summed E-state index contributed by atoms with van der Waals surface area (Å²) >= 11 is 0. The summed E-state index contributed by atoms with van der Waals surface area (Å²) in [5.74, 6) is 0.986. The highest BCUT2D eigenvalue weighted by Gasteiger charge is 2.29. The first-order valence-corrected chi connectivity index (χ1v) is 8.28. The highest BCUT2D eigenvalue weighted by atomic mass is 32.2. The lowest BCUT2D eigenvalue weighted by atomic mass is 9.85. The van der Waals surface area contributed by atoms with Crippen molar-refractivity contribution in [3.05, 3.63) is 0 Å². The maximum absolute atomic E-state index is 12.0. The highest BCUT2D eigenvalue weighted by molar-refractivity contribution is 7.89. The smallest absolute Gasteiger partial charge is 0.214 e. The SMILES string of the molecule is CCC1CCC(N(C)S(=O)(=O)CCCN)CC1. The molecule has 102 valence electrons. The van der Waals surface area contributed by atoms with Gasteiger partial charge in [0.1, 0.15) is 0 Å². The van der Waals surface area contributed by atoms with Crippen molar-refractivity contribution in [3.8, 4) is 0 Å². The predicted octanol–water partition coefficient (Wildman–Crippen LogP) is 1.57. The molecule has 0 heterocycles. The normalized spacial score (nSPS) is 26.4. The molecule has 1 saturated carbocycles. The summed E-state index contributed by atoms with van der Waals surface area (Å²) < 4.78 is 25.6. The number of rotatable bonds is 6. The van der Waals surface area contributed by atoms with E-state index in [0.717, 1.165) is 31.6 Å². The zero-order valence-corrected chi connectivity index (χ0v) is 11.9. The molecule has 0 unspecified atom stereocenters. The van der Waals surface area contributed by atoms with Crippen LogP contribution >= 0.6 is 0 Å². The van der Waals surface area contributed by atoms with Gasteiger partial charge in [0.25, 0.3) is 0 Å². The number of nitrogens with zero attached hydrogens (tertiary/aromatic N) is 1. The third-order valence-corrected chi connectivity index (χ3v) is 5.93. The van der Waals surface area contributed by atoms with Crippen LogP contribution in [-0.2, 0) is 10.0 Å². The van der Waals surface area contributed by atoms with Crippen LogP contribution in [0.4, 0.5) is 0 Å². The lowest BCUT2D eigenvalue weighted by Gasteiger charge is -2.33. The minimum absolute atomic E-state index is 0.188. The van der Waals surface area contributed by atoms with Crippen LogP contribution in [0, 0.1) is 5.92 Å². The summed E-state index contributed by atoms with van der Waals surface area (Å²) in [4.78, 5) is 0. The van der Waals surface area contributed by atoms with E-state index in [1.165, 1.54) is 6.42 Å². The fraction of sp³-hybridized carbons (Fsp3) is 1.00. The molecule has 0 aromatic heterocycles. The third kappa shape index (κ3) is 4.23. The summed E-state index contributed by atoms with van der Waals surface area (Å²) in [7, 11) is -1.37. The van der Waals surface area contributed by atoms with Gasteiger partial charge in [-0.3, -0.25) is 0 Å². The van der Waals surface area contributed by atoms with Crippen molar-refractivity contribution in [2.45, 2.75) is 51.5 Å². The second-order valence-electron chi connectivity index (χ2n) is 5.06. The standard InChI is InChI=1S/C12H26N2O2S/c1-3-11-5-7-12(8-6-11)14(2)17(15,16)10-4-9-13/h11-12H,3-10,13H2,1-2H3. The Labute approximate surface area is 106 Å². The van der Waals surface area contributed by atoms with E-state index in [1.54, 1.807) is 11.4 Å². The van der Waals surface area contributed by atoms with E-state index in [1.807, 2.05) is 0 Å². The minimum Gasteiger partial charge on any atom is -0.330 e. The molecule has 0 aliphatic heterocycles. The molecule has 0 aromatic rings. The Morgan fingerprint density at radius 1 is 1.24 bits per heavy atom. The number of hydrogen-bond donors (Lipinski definition) is 1. The van der Waals surface area contributed by atoms with E-state index in [0.29, 0.717) is 13.0 Å². The molecular formula is C12H26N2O2S. The maximum atomic E-state index is 12.0. The van der Waals surface area contributed by atoms with Gasteiger partial charge in [-0.25, -0.2) is 12.7 Å². The van der Waals surface area contributed by atoms with Gasteiger partial charge in [0, 0.05) is 13.1 Å². The molecule has 2 N–H and O–H groups in total. The number of nitrogens with two attached hydrogens (primary N) is 1. The average molecular weight is 262 g/mol. The van der Waals surface area contributed by atoms with E-state index in [2.05, 4.69) is 6.92 Å². The minimum atomic E-state index is -3.09. The Hall–Kier alpha value is -0.130. The monoisotopic (exact) mass is 262 g/mol. The zero-order valence-electron chi connectivity index (χ0n) is 11.1. The van der Waals surface area contributed by atoms with Gasteiger partial charge in [-0.1, -0.05) is 13.3 Å². The van der Waals surface area contributed by atoms with E-state index in [9.17, 15) is 8.42 Å². The van der Waals surface area contributed by atoms with Crippen molar-refractivity contribution in [1.29, 1.82) is 0 Å². The Kier molecular flexibility index (Phi) is 5.89. The Morgan fingerprint density at radius 3 is 2.29 bits per heavy atom. The van der Waals surface area contributed by atoms with Gasteiger partial charge < -0.3 is 5.73 Å². The molecule has 0 amide bonds. The van der Waals surface area contributed by atoms with E-state index in [-0.39, 0.29) is 11.8 Å². The number of sulfonamides is 1. The molecule has 5 heteroatoms. The summed E-state index contributed by atoms with van der Waals surface area (Å²) in [6, 6.07) is 0.209. The molecule has 0 aromatic carbocycles. The summed E-state index contributed by atoms with van der Waals surface area (Å²) in [6.45, 7) is 2.66. The number of hydrogen-bond acceptors (Lipinski definition) is 3. The van der Waals surface area contributed by atoms with Gasteiger partial charge in [-0.05, 0) is 44.6 Å². The average Bonchev–Trinajstić information content (AvgIpc) is 2.35. The molecule has 0 bridgehead atoms. The molecule has 1 rings (SSSR count). The highest BCUT2D eigenvalue weighted by Crippen LogP contribution is 2.30. The maximum Gasteiger partial charge on any atom is 0.214 e. The van der Waals surface area contributed by atoms with Gasteiger partial charge in [0.2, 0.25) is 10.0 Å². The molecule has 0 atom stereocenters. The third-order valence-electron chi connectivity index (χ3n) is 3.95. The van der Waals surface area contributed by atoms with Crippen LogP contribution in [0.1, 0.15) is 45.4 Å². The predicted molar refractivity (Wildman–Crippen MR) is 71.3 cm³/mol. The molecule has 0 radical (unpaired) electrons. The summed E-state index contributed by atoms with van der Waals surface area (Å²) in [5.41, 5.74) is 5.37. The fourth-order valence-corrected chi connectivity index (χ4v) is 4.04. The molecular weight excluding hydrogens is 236 g/mol. The van der Waals surface area contributed by atoms with E-state index < -0.39 is 10.0 Å². The van der Waals surface area contributed by atoms with Crippen LogP contribution in [-0.4, -0.2) is 38.1 Å². The first kappa shape index (κ1) is 14.9. The zero-order chi connectivity index (χ0) is 12.9. The van der Waals surface area contributed by atoms with Crippen LogP contribution in [0.3, 0.4) is 0 Å². The van der Waals surface area contributed by atoms with Crippen molar-refractivity contribution in [2.75, 3.05) is 19.3 Å². The van der Waals surface area contributed by atoms with E-state index >= 15 is 0 Å². The van der Waals surface area contributed by atoms with Crippen LogP contribution in [0.15, 0.2) is 0 Å². The second kappa shape index (κ2) is 6.71. The van der Waals surface area contributed by atoms with Crippen LogP contribution < -0.4 is 5.73 Å². The van der Waals surface area contributed by atoms with Crippen LogP contribution in [0.5, 0.6) is 0 Å². The first-order valence-electron chi connectivity index (χ1n) is 6.67. The van der Waals surface area contributed by atoms with Crippen LogP contribution in [0.2, 0.25) is 0 Å². The molecule has 4 nitrogen and oxygen atoms in total. The largest absolute Gasteiger partial charge is 0.330 e. The van der Waals surface area contributed by atoms with Gasteiger partial charge in [-0.2, -0.15) is 0 Å². The molecule has 0 spiro atoms.